The fourth-order valence-corrected chi connectivity index (χ4v) is 2.63. The molecular formula is C10H15N5S. The van der Waals surface area contributed by atoms with Gasteiger partial charge < -0.3 is 10.2 Å². The molecule has 0 bridgehead atoms. The summed E-state index contributed by atoms with van der Waals surface area (Å²) >= 11 is 1.59. The highest BCUT2D eigenvalue weighted by Crippen LogP contribution is 2.09. The van der Waals surface area contributed by atoms with E-state index in [1.807, 2.05) is 16.2 Å². The molecule has 0 unspecified atom stereocenters. The van der Waals surface area contributed by atoms with Gasteiger partial charge in [0.15, 0.2) is 0 Å². The minimum absolute atomic E-state index is 0.996. The molecule has 0 amide bonds. The SMILES string of the molecule is c1nn2cc(CCN3CCNCC3)nc2s1. The molecule has 1 fully saturated rings. The summed E-state index contributed by atoms with van der Waals surface area (Å²) in [6, 6.07) is 0. The smallest absolute Gasteiger partial charge is 0.212 e. The molecule has 16 heavy (non-hydrogen) atoms. The van der Waals surface area contributed by atoms with Gasteiger partial charge in [-0.25, -0.2) is 9.50 Å². The molecule has 0 spiro atoms. The van der Waals surface area contributed by atoms with Crippen LogP contribution in [0.15, 0.2) is 11.7 Å². The van der Waals surface area contributed by atoms with Crippen molar-refractivity contribution in [1.29, 1.82) is 0 Å². The van der Waals surface area contributed by atoms with Crippen LogP contribution in [0.4, 0.5) is 0 Å². The van der Waals surface area contributed by atoms with E-state index >= 15 is 0 Å². The van der Waals surface area contributed by atoms with Gasteiger partial charge in [-0.3, -0.25) is 0 Å². The topological polar surface area (TPSA) is 45.5 Å². The van der Waals surface area contributed by atoms with Crippen LogP contribution in [0, 0.1) is 0 Å². The second-order valence-corrected chi connectivity index (χ2v) is 4.85. The Morgan fingerprint density at radius 3 is 3.06 bits per heavy atom. The van der Waals surface area contributed by atoms with E-state index < -0.39 is 0 Å². The number of imidazole rings is 1. The third kappa shape index (κ3) is 2.09. The van der Waals surface area contributed by atoms with Crippen LogP contribution < -0.4 is 5.32 Å². The standard InChI is InChI=1S/C10H15N5S/c1(4-14-5-2-11-3-6-14)9-7-15-10(13-9)16-8-12-15/h7-8,11H,1-6H2. The van der Waals surface area contributed by atoms with E-state index in [2.05, 4.69) is 20.3 Å². The van der Waals surface area contributed by atoms with Crippen molar-refractivity contribution in [3.05, 3.63) is 17.4 Å². The fraction of sp³-hybridized carbons (Fsp3) is 0.600. The average molecular weight is 237 g/mol. The van der Waals surface area contributed by atoms with Gasteiger partial charge in [0.05, 0.1) is 11.9 Å². The molecule has 0 atom stereocenters. The van der Waals surface area contributed by atoms with Gasteiger partial charge in [-0.2, -0.15) is 5.10 Å². The molecule has 3 rings (SSSR count). The third-order valence-corrected chi connectivity index (χ3v) is 3.62. The largest absolute Gasteiger partial charge is 0.314 e. The maximum atomic E-state index is 4.53. The minimum Gasteiger partial charge on any atom is -0.314 e. The van der Waals surface area contributed by atoms with E-state index in [4.69, 9.17) is 0 Å². The highest BCUT2D eigenvalue weighted by atomic mass is 32.1. The van der Waals surface area contributed by atoms with Crippen LogP contribution in [-0.4, -0.2) is 52.2 Å². The van der Waals surface area contributed by atoms with Crippen LogP contribution in [0.5, 0.6) is 0 Å². The summed E-state index contributed by atoms with van der Waals surface area (Å²) in [4.78, 5) is 8.01. The lowest BCUT2D eigenvalue weighted by atomic mass is 10.3. The number of nitrogens with zero attached hydrogens (tertiary/aromatic N) is 4. The van der Waals surface area contributed by atoms with Gasteiger partial charge in [0, 0.05) is 39.1 Å². The molecule has 6 heteroatoms. The quantitative estimate of drug-likeness (QED) is 0.830. The number of aromatic nitrogens is 3. The summed E-state index contributed by atoms with van der Waals surface area (Å²) in [6.45, 7) is 5.63. The predicted molar refractivity (Wildman–Crippen MR) is 63.9 cm³/mol. The molecule has 5 nitrogen and oxygen atoms in total. The van der Waals surface area contributed by atoms with E-state index in [0.29, 0.717) is 0 Å². The summed E-state index contributed by atoms with van der Waals surface area (Å²) in [5.74, 6) is 0. The number of nitrogens with one attached hydrogen (secondary N) is 1. The zero-order valence-corrected chi connectivity index (χ0v) is 9.91. The molecule has 86 valence electrons. The number of fused-ring (bicyclic) bond motifs is 1. The van der Waals surface area contributed by atoms with Crippen molar-refractivity contribution in [2.75, 3.05) is 32.7 Å². The molecule has 0 radical (unpaired) electrons. The van der Waals surface area contributed by atoms with Crippen molar-refractivity contribution >= 4 is 16.3 Å². The van der Waals surface area contributed by atoms with E-state index in [-0.39, 0.29) is 0 Å². The maximum absolute atomic E-state index is 4.53. The van der Waals surface area contributed by atoms with Crippen LogP contribution in [-0.2, 0) is 6.42 Å². The lowest BCUT2D eigenvalue weighted by molar-refractivity contribution is 0.243. The average Bonchev–Trinajstić information content (AvgIpc) is 2.88. The third-order valence-electron chi connectivity index (χ3n) is 2.93. The number of piperazine rings is 1. The molecule has 3 heterocycles. The summed E-state index contributed by atoms with van der Waals surface area (Å²) in [5.41, 5.74) is 2.97. The fourth-order valence-electron chi connectivity index (χ4n) is 2.01. The highest BCUT2D eigenvalue weighted by Gasteiger charge is 2.10. The Morgan fingerprint density at radius 1 is 1.38 bits per heavy atom. The van der Waals surface area contributed by atoms with Gasteiger partial charge >= 0.3 is 0 Å². The Bertz CT molecular complexity index is 428. The Labute approximate surface area is 98.1 Å². The van der Waals surface area contributed by atoms with Crippen molar-refractivity contribution in [2.24, 2.45) is 0 Å². The van der Waals surface area contributed by atoms with Crippen LogP contribution in [0.25, 0.3) is 4.96 Å². The van der Waals surface area contributed by atoms with E-state index in [1.54, 1.807) is 11.3 Å². The summed E-state index contributed by atoms with van der Waals surface area (Å²) in [5, 5.41) is 7.54. The van der Waals surface area contributed by atoms with E-state index in [9.17, 15) is 0 Å². The first-order chi connectivity index (χ1) is 7.92. The van der Waals surface area contributed by atoms with Gasteiger partial charge in [0.25, 0.3) is 0 Å². The first-order valence-corrected chi connectivity index (χ1v) is 6.50. The summed E-state index contributed by atoms with van der Waals surface area (Å²) < 4.78 is 1.86. The van der Waals surface area contributed by atoms with E-state index in [0.717, 1.165) is 49.8 Å². The van der Waals surface area contributed by atoms with Crippen LogP contribution in [0.1, 0.15) is 5.69 Å². The van der Waals surface area contributed by atoms with Gasteiger partial charge in [0.2, 0.25) is 4.96 Å². The molecule has 0 aromatic carbocycles. The van der Waals surface area contributed by atoms with Crippen molar-refractivity contribution < 1.29 is 0 Å². The number of hydrogen-bond donors (Lipinski definition) is 1. The molecule has 1 aliphatic rings. The summed E-state index contributed by atoms with van der Waals surface area (Å²) in [6.07, 6.45) is 3.06. The molecule has 1 N–H and O–H groups in total. The Kier molecular flexibility index (Phi) is 2.86. The van der Waals surface area contributed by atoms with Crippen LogP contribution in [0.3, 0.4) is 0 Å². The van der Waals surface area contributed by atoms with Crippen molar-refractivity contribution in [3.63, 3.8) is 0 Å². The molecule has 1 aliphatic heterocycles. The second kappa shape index (κ2) is 4.48. The van der Waals surface area contributed by atoms with Gasteiger partial charge in [-0.15, -0.1) is 0 Å². The zero-order valence-electron chi connectivity index (χ0n) is 9.09. The molecule has 0 aliphatic carbocycles. The molecule has 2 aromatic heterocycles. The van der Waals surface area contributed by atoms with Gasteiger partial charge in [-0.05, 0) is 0 Å². The Hall–Kier alpha value is -0.980. The lowest BCUT2D eigenvalue weighted by Crippen LogP contribution is -2.44. The van der Waals surface area contributed by atoms with Crippen molar-refractivity contribution in [3.8, 4) is 0 Å². The summed E-state index contributed by atoms with van der Waals surface area (Å²) in [7, 11) is 0. The molecular weight excluding hydrogens is 222 g/mol. The van der Waals surface area contributed by atoms with Gasteiger partial charge in [-0.1, -0.05) is 11.3 Å². The van der Waals surface area contributed by atoms with Crippen molar-refractivity contribution in [2.45, 2.75) is 6.42 Å². The van der Waals surface area contributed by atoms with Crippen LogP contribution in [0.2, 0.25) is 0 Å². The normalized spacial score (nSPS) is 18.2. The van der Waals surface area contributed by atoms with E-state index in [1.165, 1.54) is 0 Å². The molecule has 2 aromatic rings. The van der Waals surface area contributed by atoms with Gasteiger partial charge in [0.1, 0.15) is 5.51 Å². The second-order valence-electron chi connectivity index (χ2n) is 4.04. The lowest BCUT2D eigenvalue weighted by Gasteiger charge is -2.26. The highest BCUT2D eigenvalue weighted by molar-refractivity contribution is 7.14. The maximum Gasteiger partial charge on any atom is 0.212 e. The number of hydrogen-bond acceptors (Lipinski definition) is 5. The minimum atomic E-state index is 0.996. The first-order valence-electron chi connectivity index (χ1n) is 5.63. The predicted octanol–water partition coefficient (Wildman–Crippen LogP) is 0.239. The Balaban J connectivity index is 1.59. The first kappa shape index (κ1) is 10.2. The monoisotopic (exact) mass is 237 g/mol. The zero-order chi connectivity index (χ0) is 10.8. The molecule has 1 saturated heterocycles. The van der Waals surface area contributed by atoms with Crippen LogP contribution >= 0.6 is 11.3 Å². The van der Waals surface area contributed by atoms with Crippen molar-refractivity contribution in [1.82, 2.24) is 24.8 Å². The molecule has 0 saturated carbocycles. The number of rotatable bonds is 3. The Morgan fingerprint density at radius 2 is 2.25 bits per heavy atom.